The van der Waals surface area contributed by atoms with Crippen molar-refractivity contribution in [2.24, 2.45) is 0 Å². The number of para-hydroxylation sites is 1. The zero-order valence-electron chi connectivity index (χ0n) is 12.6. The van der Waals surface area contributed by atoms with E-state index >= 15 is 0 Å². The van der Waals surface area contributed by atoms with E-state index in [1.165, 1.54) is 25.1 Å². The summed E-state index contributed by atoms with van der Waals surface area (Å²) >= 11 is 0. The Bertz CT molecular complexity index is 799. The van der Waals surface area contributed by atoms with Crippen LogP contribution in [0.15, 0.2) is 48.5 Å². The van der Waals surface area contributed by atoms with Gasteiger partial charge in [0.25, 0.3) is 0 Å². The largest absolute Gasteiger partial charge is 0.481 e. The molecule has 2 rings (SSSR count). The summed E-state index contributed by atoms with van der Waals surface area (Å²) in [5.41, 5.74) is 0.219. The molecular formula is C16H16O6S. The Balaban J connectivity index is 2.40. The molecule has 0 saturated carbocycles. The molecule has 0 aromatic heterocycles. The quantitative estimate of drug-likeness (QED) is 0.816. The maximum Gasteiger partial charge on any atom is 0.310 e. The van der Waals surface area contributed by atoms with E-state index in [2.05, 4.69) is 0 Å². The van der Waals surface area contributed by atoms with Crippen molar-refractivity contribution in [2.75, 3.05) is 6.26 Å². The molecule has 2 aromatic carbocycles. The lowest BCUT2D eigenvalue weighted by Crippen LogP contribution is -2.12. The molecule has 2 aromatic rings. The molecule has 0 aliphatic rings. The third-order valence-electron chi connectivity index (χ3n) is 3.04. The first-order valence-corrected chi connectivity index (χ1v) is 8.57. The fourth-order valence-corrected chi connectivity index (χ4v) is 2.40. The van der Waals surface area contributed by atoms with Crippen molar-refractivity contribution in [1.29, 1.82) is 0 Å². The number of rotatable bonds is 6. The topological polar surface area (TPSA) is 89.9 Å². The van der Waals surface area contributed by atoms with Crippen LogP contribution < -0.4 is 8.92 Å². The van der Waals surface area contributed by atoms with E-state index in [0.29, 0.717) is 11.5 Å². The number of aliphatic carboxylic acids is 1. The highest BCUT2D eigenvalue weighted by molar-refractivity contribution is 7.86. The molecule has 7 heteroatoms. The Hall–Kier alpha value is -2.54. The predicted molar refractivity (Wildman–Crippen MR) is 84.5 cm³/mol. The van der Waals surface area contributed by atoms with Gasteiger partial charge in [0.05, 0.1) is 12.2 Å². The van der Waals surface area contributed by atoms with Crippen LogP contribution in [0.1, 0.15) is 18.4 Å². The average Bonchev–Trinajstić information content (AvgIpc) is 2.47. The van der Waals surface area contributed by atoms with Gasteiger partial charge in [-0.05, 0) is 37.3 Å². The van der Waals surface area contributed by atoms with Gasteiger partial charge < -0.3 is 14.0 Å². The van der Waals surface area contributed by atoms with Crippen LogP contribution in [0.25, 0.3) is 0 Å². The first-order chi connectivity index (χ1) is 10.8. The molecule has 0 amide bonds. The van der Waals surface area contributed by atoms with Gasteiger partial charge in [-0.25, -0.2) is 0 Å². The van der Waals surface area contributed by atoms with Crippen molar-refractivity contribution in [2.45, 2.75) is 12.8 Å². The second-order valence-electron chi connectivity index (χ2n) is 4.96. The van der Waals surface area contributed by atoms with Gasteiger partial charge in [0.1, 0.15) is 17.2 Å². The van der Waals surface area contributed by atoms with Crippen LogP contribution >= 0.6 is 0 Å². The van der Waals surface area contributed by atoms with Crippen LogP contribution in [0.4, 0.5) is 0 Å². The Kier molecular flexibility index (Phi) is 4.90. The molecular weight excluding hydrogens is 320 g/mol. The smallest absolute Gasteiger partial charge is 0.310 e. The Morgan fingerprint density at radius 2 is 1.74 bits per heavy atom. The highest BCUT2D eigenvalue weighted by Crippen LogP contribution is 2.33. The van der Waals surface area contributed by atoms with Gasteiger partial charge in [0, 0.05) is 5.56 Å². The van der Waals surface area contributed by atoms with Crippen molar-refractivity contribution >= 4 is 16.1 Å². The highest BCUT2D eigenvalue weighted by atomic mass is 32.2. The SMILES string of the molecule is CC(C(=O)O)c1cc(Oc2ccccc2)ccc1OS(C)(=O)=O. The summed E-state index contributed by atoms with van der Waals surface area (Å²) in [6.07, 6.45) is 0.899. The summed E-state index contributed by atoms with van der Waals surface area (Å²) in [4.78, 5) is 11.2. The van der Waals surface area contributed by atoms with Crippen molar-refractivity contribution in [3.05, 3.63) is 54.1 Å². The van der Waals surface area contributed by atoms with E-state index in [0.717, 1.165) is 6.26 Å². The van der Waals surface area contributed by atoms with Gasteiger partial charge >= 0.3 is 16.1 Å². The Labute approximate surface area is 134 Å². The lowest BCUT2D eigenvalue weighted by molar-refractivity contribution is -0.138. The number of carbonyl (C=O) groups is 1. The fourth-order valence-electron chi connectivity index (χ4n) is 1.93. The monoisotopic (exact) mass is 336 g/mol. The van der Waals surface area contributed by atoms with Crippen molar-refractivity contribution in [1.82, 2.24) is 0 Å². The zero-order chi connectivity index (χ0) is 17.0. The van der Waals surface area contributed by atoms with Crippen molar-refractivity contribution in [3.63, 3.8) is 0 Å². The summed E-state index contributed by atoms with van der Waals surface area (Å²) < 4.78 is 33.1. The highest BCUT2D eigenvalue weighted by Gasteiger charge is 2.21. The van der Waals surface area contributed by atoms with Crippen LogP contribution in [0.3, 0.4) is 0 Å². The molecule has 0 heterocycles. The number of ether oxygens (including phenoxy) is 1. The van der Waals surface area contributed by atoms with Gasteiger partial charge in [0.15, 0.2) is 0 Å². The lowest BCUT2D eigenvalue weighted by atomic mass is 10.00. The van der Waals surface area contributed by atoms with Gasteiger partial charge in [-0.2, -0.15) is 8.42 Å². The molecule has 0 fully saturated rings. The molecule has 23 heavy (non-hydrogen) atoms. The normalized spacial score (nSPS) is 12.4. The maximum absolute atomic E-state index is 11.3. The predicted octanol–water partition coefficient (Wildman–Crippen LogP) is 3.01. The van der Waals surface area contributed by atoms with Crippen LogP contribution in [-0.2, 0) is 14.9 Å². The fraction of sp³-hybridized carbons (Fsp3) is 0.188. The summed E-state index contributed by atoms with van der Waals surface area (Å²) in [5, 5.41) is 9.19. The molecule has 1 N–H and O–H groups in total. The molecule has 6 nitrogen and oxygen atoms in total. The molecule has 0 aliphatic carbocycles. The number of carboxylic acids is 1. The first-order valence-electron chi connectivity index (χ1n) is 6.75. The minimum Gasteiger partial charge on any atom is -0.481 e. The van der Waals surface area contributed by atoms with Crippen LogP contribution in [0.5, 0.6) is 17.2 Å². The van der Waals surface area contributed by atoms with Crippen molar-refractivity contribution < 1.29 is 27.2 Å². The Morgan fingerprint density at radius 3 is 2.30 bits per heavy atom. The summed E-state index contributed by atoms with van der Waals surface area (Å²) in [5.74, 6) is -1.10. The van der Waals surface area contributed by atoms with Crippen LogP contribution in [-0.4, -0.2) is 25.7 Å². The maximum atomic E-state index is 11.3. The van der Waals surface area contributed by atoms with E-state index in [4.69, 9.17) is 8.92 Å². The zero-order valence-corrected chi connectivity index (χ0v) is 13.4. The standard InChI is InChI=1S/C16H16O6S/c1-11(16(17)18)14-10-13(21-12-6-4-3-5-7-12)8-9-15(14)22-23(2,19)20/h3-11H,1-2H3,(H,17,18). The molecule has 0 bridgehead atoms. The van der Waals surface area contributed by atoms with E-state index in [-0.39, 0.29) is 11.3 Å². The summed E-state index contributed by atoms with van der Waals surface area (Å²) in [6.45, 7) is 1.44. The van der Waals surface area contributed by atoms with E-state index < -0.39 is 22.0 Å². The molecule has 0 radical (unpaired) electrons. The van der Waals surface area contributed by atoms with E-state index in [9.17, 15) is 18.3 Å². The minimum atomic E-state index is -3.76. The van der Waals surface area contributed by atoms with Crippen LogP contribution in [0.2, 0.25) is 0 Å². The van der Waals surface area contributed by atoms with Gasteiger partial charge in [-0.15, -0.1) is 0 Å². The van der Waals surface area contributed by atoms with Crippen LogP contribution in [0, 0.1) is 0 Å². The summed E-state index contributed by atoms with van der Waals surface area (Å²) in [6, 6.07) is 13.3. The van der Waals surface area contributed by atoms with Gasteiger partial charge in [-0.3, -0.25) is 4.79 Å². The second kappa shape index (κ2) is 6.70. The Morgan fingerprint density at radius 1 is 1.09 bits per heavy atom. The first kappa shape index (κ1) is 16.8. The van der Waals surface area contributed by atoms with Gasteiger partial charge in [0.2, 0.25) is 0 Å². The van der Waals surface area contributed by atoms with E-state index in [1.54, 1.807) is 24.3 Å². The molecule has 0 spiro atoms. The molecule has 1 unspecified atom stereocenters. The third-order valence-corrected chi connectivity index (χ3v) is 3.52. The van der Waals surface area contributed by atoms with Crippen molar-refractivity contribution in [3.8, 4) is 17.2 Å². The van der Waals surface area contributed by atoms with E-state index in [1.807, 2.05) is 6.07 Å². The summed E-state index contributed by atoms with van der Waals surface area (Å²) in [7, 11) is -3.76. The number of benzene rings is 2. The number of hydrogen-bond acceptors (Lipinski definition) is 5. The molecule has 122 valence electrons. The number of hydrogen-bond donors (Lipinski definition) is 1. The second-order valence-corrected chi connectivity index (χ2v) is 6.54. The minimum absolute atomic E-state index is 0.0252. The number of carboxylic acid groups (broad SMARTS) is 1. The lowest BCUT2D eigenvalue weighted by Gasteiger charge is -2.15. The molecule has 0 aliphatic heterocycles. The molecule has 0 saturated heterocycles. The van der Waals surface area contributed by atoms with Gasteiger partial charge in [-0.1, -0.05) is 18.2 Å². The molecule has 1 atom stereocenters. The third kappa shape index (κ3) is 4.72. The average molecular weight is 336 g/mol.